The molecule has 0 saturated carbocycles. The van der Waals surface area contributed by atoms with Gasteiger partial charge in [0.1, 0.15) is 0 Å². The maximum atomic E-state index is 12.3. The molecule has 1 amide bonds. The molecule has 1 N–H and O–H groups in total. The van der Waals surface area contributed by atoms with Gasteiger partial charge in [0.05, 0.1) is 0 Å². The molecule has 2 aromatic heterocycles. The van der Waals surface area contributed by atoms with Gasteiger partial charge >= 0.3 is 0 Å². The van der Waals surface area contributed by atoms with Gasteiger partial charge in [-0.25, -0.2) is 0 Å². The number of rotatable bonds is 5. The first-order chi connectivity index (χ1) is 12.8. The van der Waals surface area contributed by atoms with E-state index in [0.717, 1.165) is 22.0 Å². The Bertz CT molecular complexity index is 1040. The van der Waals surface area contributed by atoms with Crippen molar-refractivity contribution in [2.24, 2.45) is 0 Å². The minimum absolute atomic E-state index is 0.0949. The molecule has 0 aliphatic heterocycles. The van der Waals surface area contributed by atoms with Gasteiger partial charge in [0, 0.05) is 41.9 Å². The van der Waals surface area contributed by atoms with Crippen LogP contribution in [0.15, 0.2) is 71.5 Å². The predicted molar refractivity (Wildman–Crippen MR) is 98.4 cm³/mol. The highest BCUT2D eigenvalue weighted by atomic mass is 16.5. The van der Waals surface area contributed by atoms with E-state index in [1.807, 2.05) is 54.6 Å². The number of amides is 1. The summed E-state index contributed by atoms with van der Waals surface area (Å²) in [6.07, 6.45) is 3.99. The Morgan fingerprint density at radius 1 is 1.04 bits per heavy atom. The van der Waals surface area contributed by atoms with Crippen molar-refractivity contribution in [2.45, 2.75) is 12.8 Å². The number of nitrogens with one attached hydrogen (secondary N) is 1. The van der Waals surface area contributed by atoms with Crippen molar-refractivity contribution in [1.82, 2.24) is 15.1 Å². The van der Waals surface area contributed by atoms with Crippen LogP contribution >= 0.6 is 0 Å². The molecule has 0 bridgehead atoms. The molecule has 0 radical (unpaired) electrons. The Balaban J connectivity index is 1.41. The molecule has 4 rings (SSSR count). The minimum atomic E-state index is -0.0949. The van der Waals surface area contributed by atoms with E-state index in [-0.39, 0.29) is 12.3 Å². The molecule has 0 aliphatic carbocycles. The predicted octanol–water partition coefficient (Wildman–Crippen LogP) is 3.86. The highest BCUT2D eigenvalue weighted by molar-refractivity contribution is 6.02. The summed E-state index contributed by atoms with van der Waals surface area (Å²) >= 11 is 0. The second-order valence-corrected chi connectivity index (χ2v) is 5.83. The van der Waals surface area contributed by atoms with Crippen LogP contribution in [0.25, 0.3) is 22.2 Å². The van der Waals surface area contributed by atoms with Crippen molar-refractivity contribution < 1.29 is 9.32 Å². The summed E-state index contributed by atoms with van der Waals surface area (Å²) < 4.78 is 5.22. The van der Waals surface area contributed by atoms with Gasteiger partial charge in [0.2, 0.25) is 17.6 Å². The van der Waals surface area contributed by atoms with Gasteiger partial charge in [-0.05, 0) is 23.6 Å². The van der Waals surface area contributed by atoms with E-state index in [1.54, 1.807) is 12.4 Å². The van der Waals surface area contributed by atoms with E-state index in [2.05, 4.69) is 20.4 Å². The zero-order valence-electron chi connectivity index (χ0n) is 13.9. The standard InChI is InChI=1S/C20H16N4O2/c25-18(22-17-9-3-6-14-5-1-2-8-16(14)17)10-11-19-23-20(24-26-19)15-7-4-12-21-13-15/h1-9,12-13H,10-11H2,(H,22,25). The first-order valence-corrected chi connectivity index (χ1v) is 8.30. The van der Waals surface area contributed by atoms with Crippen LogP contribution in [0.5, 0.6) is 0 Å². The fourth-order valence-electron chi connectivity index (χ4n) is 2.74. The Kier molecular flexibility index (Phi) is 4.38. The quantitative estimate of drug-likeness (QED) is 0.594. The Morgan fingerprint density at radius 3 is 2.81 bits per heavy atom. The number of carbonyl (C=O) groups is 1. The lowest BCUT2D eigenvalue weighted by molar-refractivity contribution is -0.116. The van der Waals surface area contributed by atoms with Gasteiger partial charge < -0.3 is 9.84 Å². The number of carbonyl (C=O) groups excluding carboxylic acids is 1. The highest BCUT2D eigenvalue weighted by Gasteiger charge is 2.11. The van der Waals surface area contributed by atoms with Crippen LogP contribution in [-0.2, 0) is 11.2 Å². The molecule has 6 nitrogen and oxygen atoms in total. The minimum Gasteiger partial charge on any atom is -0.339 e. The third kappa shape index (κ3) is 3.44. The Labute approximate surface area is 149 Å². The molecule has 6 heteroatoms. The van der Waals surface area contributed by atoms with Crippen LogP contribution in [0, 0.1) is 0 Å². The van der Waals surface area contributed by atoms with E-state index in [4.69, 9.17) is 4.52 Å². The number of anilines is 1. The lowest BCUT2D eigenvalue weighted by atomic mass is 10.1. The number of benzene rings is 2. The highest BCUT2D eigenvalue weighted by Crippen LogP contribution is 2.23. The molecule has 0 spiro atoms. The van der Waals surface area contributed by atoms with Crippen LogP contribution in [-0.4, -0.2) is 21.0 Å². The summed E-state index contributed by atoms with van der Waals surface area (Å²) in [4.78, 5) is 20.6. The first-order valence-electron chi connectivity index (χ1n) is 8.30. The summed E-state index contributed by atoms with van der Waals surface area (Å²) in [5.74, 6) is 0.807. The number of aromatic nitrogens is 3. The van der Waals surface area contributed by atoms with Crippen LogP contribution in [0.2, 0.25) is 0 Å². The van der Waals surface area contributed by atoms with Crippen LogP contribution in [0.3, 0.4) is 0 Å². The maximum absolute atomic E-state index is 12.3. The third-order valence-electron chi connectivity index (χ3n) is 4.02. The van der Waals surface area contributed by atoms with Gasteiger partial charge in [-0.15, -0.1) is 0 Å². The molecule has 2 heterocycles. The molecule has 0 atom stereocenters. The van der Waals surface area contributed by atoms with Gasteiger partial charge in [-0.3, -0.25) is 9.78 Å². The molecule has 0 aliphatic rings. The summed E-state index contributed by atoms with van der Waals surface area (Å²) in [6, 6.07) is 17.4. The molecule has 0 fully saturated rings. The number of hydrogen-bond acceptors (Lipinski definition) is 5. The van der Waals surface area contributed by atoms with Gasteiger partial charge in [-0.2, -0.15) is 4.98 Å². The fourth-order valence-corrected chi connectivity index (χ4v) is 2.74. The second-order valence-electron chi connectivity index (χ2n) is 5.83. The van der Waals surface area contributed by atoms with Crippen LogP contribution in [0.1, 0.15) is 12.3 Å². The molecule has 26 heavy (non-hydrogen) atoms. The van der Waals surface area contributed by atoms with Gasteiger partial charge in [0.15, 0.2) is 0 Å². The zero-order valence-corrected chi connectivity index (χ0v) is 13.9. The van der Waals surface area contributed by atoms with E-state index in [0.29, 0.717) is 18.1 Å². The number of hydrogen-bond donors (Lipinski definition) is 1. The monoisotopic (exact) mass is 344 g/mol. The maximum Gasteiger partial charge on any atom is 0.227 e. The number of nitrogens with zero attached hydrogens (tertiary/aromatic N) is 3. The largest absolute Gasteiger partial charge is 0.339 e. The number of aryl methyl sites for hydroxylation is 1. The molecular formula is C20H16N4O2. The number of pyridine rings is 1. The van der Waals surface area contributed by atoms with Crippen molar-refractivity contribution in [2.75, 3.05) is 5.32 Å². The smallest absolute Gasteiger partial charge is 0.227 e. The van der Waals surface area contributed by atoms with E-state index < -0.39 is 0 Å². The summed E-state index contributed by atoms with van der Waals surface area (Å²) in [7, 11) is 0. The lowest BCUT2D eigenvalue weighted by Gasteiger charge is -2.08. The molecule has 128 valence electrons. The second kappa shape index (κ2) is 7.14. The van der Waals surface area contributed by atoms with E-state index in [1.165, 1.54) is 0 Å². The molecule has 2 aromatic carbocycles. The summed E-state index contributed by atoms with van der Waals surface area (Å²) in [5, 5.41) is 8.99. The average Bonchev–Trinajstić information content (AvgIpc) is 3.17. The SMILES string of the molecule is O=C(CCc1nc(-c2cccnc2)no1)Nc1cccc2ccccc12. The van der Waals surface area contributed by atoms with Gasteiger partial charge in [-0.1, -0.05) is 41.6 Å². The molecular weight excluding hydrogens is 328 g/mol. The van der Waals surface area contributed by atoms with E-state index >= 15 is 0 Å². The van der Waals surface area contributed by atoms with Gasteiger partial charge in [0.25, 0.3) is 0 Å². The molecule has 0 saturated heterocycles. The average molecular weight is 344 g/mol. The number of fused-ring (bicyclic) bond motifs is 1. The first kappa shape index (κ1) is 16.0. The van der Waals surface area contributed by atoms with Crippen molar-refractivity contribution in [3.05, 3.63) is 72.9 Å². The third-order valence-corrected chi connectivity index (χ3v) is 4.02. The van der Waals surface area contributed by atoms with Crippen molar-refractivity contribution in [3.63, 3.8) is 0 Å². The van der Waals surface area contributed by atoms with Crippen molar-refractivity contribution in [3.8, 4) is 11.4 Å². The Morgan fingerprint density at radius 2 is 1.92 bits per heavy atom. The topological polar surface area (TPSA) is 80.9 Å². The Hall–Kier alpha value is -3.54. The summed E-state index contributed by atoms with van der Waals surface area (Å²) in [6.45, 7) is 0. The summed E-state index contributed by atoms with van der Waals surface area (Å²) in [5.41, 5.74) is 1.58. The van der Waals surface area contributed by atoms with Crippen LogP contribution in [0.4, 0.5) is 5.69 Å². The van der Waals surface area contributed by atoms with E-state index in [9.17, 15) is 4.79 Å². The molecule has 4 aromatic rings. The van der Waals surface area contributed by atoms with Crippen molar-refractivity contribution in [1.29, 1.82) is 0 Å². The molecule has 0 unspecified atom stereocenters. The fraction of sp³-hybridized carbons (Fsp3) is 0.100. The zero-order chi connectivity index (χ0) is 17.8. The normalized spacial score (nSPS) is 10.8. The van der Waals surface area contributed by atoms with Crippen molar-refractivity contribution >= 4 is 22.4 Å². The lowest BCUT2D eigenvalue weighted by Crippen LogP contribution is -2.12. The van der Waals surface area contributed by atoms with Crippen LogP contribution < -0.4 is 5.32 Å².